The highest BCUT2D eigenvalue weighted by atomic mass is 19.4. The van der Waals surface area contributed by atoms with Crippen molar-refractivity contribution in [2.75, 3.05) is 0 Å². The molecule has 1 aliphatic rings. The van der Waals surface area contributed by atoms with Crippen LogP contribution in [0.4, 0.5) is 13.2 Å². The molecule has 2 unspecified atom stereocenters. The number of hydrogen-bond donors (Lipinski definition) is 1. The van der Waals surface area contributed by atoms with Gasteiger partial charge in [-0.25, -0.2) is 0 Å². The molecule has 1 aliphatic carbocycles. The lowest BCUT2D eigenvalue weighted by Crippen LogP contribution is -2.52. The fraction of sp³-hybridized carbons (Fsp3) is 1.00. The number of hydrogen-bond acceptors (Lipinski definition) is 1. The maximum Gasteiger partial charge on any atom is 0.391 e. The van der Waals surface area contributed by atoms with Crippen molar-refractivity contribution in [3.8, 4) is 0 Å². The SMILES string of the molecule is CCC(CC)C1(N)CCCC(C(F)(F)F)C1. The second-order valence-corrected chi connectivity index (χ2v) is 5.08. The molecule has 0 amide bonds. The lowest BCUT2D eigenvalue weighted by molar-refractivity contribution is -0.189. The first-order chi connectivity index (χ1) is 7.33. The highest BCUT2D eigenvalue weighted by Crippen LogP contribution is 2.44. The number of nitrogens with two attached hydrogens (primary N) is 1. The topological polar surface area (TPSA) is 26.0 Å². The van der Waals surface area contributed by atoms with E-state index in [2.05, 4.69) is 0 Å². The lowest BCUT2D eigenvalue weighted by atomic mass is 9.67. The fourth-order valence-electron chi connectivity index (χ4n) is 3.09. The van der Waals surface area contributed by atoms with Crippen LogP contribution in [0.5, 0.6) is 0 Å². The van der Waals surface area contributed by atoms with E-state index in [1.165, 1.54) is 0 Å². The number of halogens is 3. The van der Waals surface area contributed by atoms with Gasteiger partial charge in [0.25, 0.3) is 0 Å². The van der Waals surface area contributed by atoms with Crippen molar-refractivity contribution in [2.45, 2.75) is 64.1 Å². The standard InChI is InChI=1S/C12H22F3N/c1-3-9(4-2)11(16)7-5-6-10(8-11)12(13,14)15/h9-10H,3-8,16H2,1-2H3. The Hall–Kier alpha value is -0.250. The third-order valence-corrected chi connectivity index (χ3v) is 4.08. The summed E-state index contributed by atoms with van der Waals surface area (Å²) in [7, 11) is 0. The Labute approximate surface area is 95.6 Å². The average Bonchev–Trinajstić information content (AvgIpc) is 2.18. The molecule has 2 atom stereocenters. The van der Waals surface area contributed by atoms with Crippen molar-refractivity contribution in [2.24, 2.45) is 17.6 Å². The van der Waals surface area contributed by atoms with Gasteiger partial charge in [0.05, 0.1) is 5.92 Å². The minimum Gasteiger partial charge on any atom is -0.325 e. The first-order valence-electron chi connectivity index (χ1n) is 6.19. The molecule has 96 valence electrons. The Morgan fingerprint density at radius 3 is 2.31 bits per heavy atom. The van der Waals surface area contributed by atoms with Gasteiger partial charge in [-0.3, -0.25) is 0 Å². The monoisotopic (exact) mass is 237 g/mol. The molecule has 0 aromatic heterocycles. The number of rotatable bonds is 3. The third kappa shape index (κ3) is 2.90. The van der Waals surface area contributed by atoms with Crippen molar-refractivity contribution >= 4 is 0 Å². The van der Waals surface area contributed by atoms with Gasteiger partial charge in [0.15, 0.2) is 0 Å². The Morgan fingerprint density at radius 1 is 1.31 bits per heavy atom. The minimum atomic E-state index is -4.07. The summed E-state index contributed by atoms with van der Waals surface area (Å²) in [6.45, 7) is 4.03. The van der Waals surface area contributed by atoms with Crippen LogP contribution >= 0.6 is 0 Å². The van der Waals surface area contributed by atoms with Gasteiger partial charge in [-0.1, -0.05) is 33.1 Å². The summed E-state index contributed by atoms with van der Waals surface area (Å²) >= 11 is 0. The third-order valence-electron chi connectivity index (χ3n) is 4.08. The summed E-state index contributed by atoms with van der Waals surface area (Å²) < 4.78 is 38.1. The summed E-state index contributed by atoms with van der Waals surface area (Å²) in [5.74, 6) is -0.968. The van der Waals surface area contributed by atoms with E-state index >= 15 is 0 Å². The van der Waals surface area contributed by atoms with E-state index in [0.717, 1.165) is 19.3 Å². The van der Waals surface area contributed by atoms with Crippen LogP contribution in [0.1, 0.15) is 52.4 Å². The zero-order valence-corrected chi connectivity index (χ0v) is 10.1. The van der Waals surface area contributed by atoms with Gasteiger partial charge in [0.2, 0.25) is 0 Å². The maximum absolute atomic E-state index is 12.7. The molecule has 1 nitrogen and oxygen atoms in total. The Bertz CT molecular complexity index is 223. The van der Waals surface area contributed by atoms with E-state index < -0.39 is 17.6 Å². The van der Waals surface area contributed by atoms with Gasteiger partial charge >= 0.3 is 6.18 Å². The molecule has 0 bridgehead atoms. The van der Waals surface area contributed by atoms with Crippen LogP contribution in [0, 0.1) is 11.8 Å². The van der Waals surface area contributed by atoms with Crippen molar-refractivity contribution in [1.29, 1.82) is 0 Å². The number of alkyl halides is 3. The van der Waals surface area contributed by atoms with E-state index in [9.17, 15) is 13.2 Å². The molecule has 1 saturated carbocycles. The first-order valence-corrected chi connectivity index (χ1v) is 6.19. The smallest absolute Gasteiger partial charge is 0.325 e. The predicted octanol–water partition coefficient (Wildman–Crippen LogP) is 3.87. The molecule has 0 aliphatic heterocycles. The average molecular weight is 237 g/mol. The van der Waals surface area contributed by atoms with Crippen LogP contribution in [0.15, 0.2) is 0 Å². The van der Waals surface area contributed by atoms with Gasteiger partial charge in [-0.15, -0.1) is 0 Å². The largest absolute Gasteiger partial charge is 0.391 e. The van der Waals surface area contributed by atoms with E-state index in [0.29, 0.717) is 6.42 Å². The molecule has 0 aromatic carbocycles. The molecule has 16 heavy (non-hydrogen) atoms. The molecule has 1 rings (SSSR count). The fourth-order valence-corrected chi connectivity index (χ4v) is 3.09. The zero-order chi connectivity index (χ0) is 12.4. The summed E-state index contributed by atoms with van der Waals surface area (Å²) in [5, 5.41) is 0. The minimum absolute atomic E-state index is 0.114. The van der Waals surface area contributed by atoms with Crippen LogP contribution in [0.3, 0.4) is 0 Å². The van der Waals surface area contributed by atoms with Crippen molar-refractivity contribution in [3.63, 3.8) is 0 Å². The highest BCUT2D eigenvalue weighted by Gasteiger charge is 2.47. The summed E-state index contributed by atoms with van der Waals surface area (Å²) in [6.07, 6.45) is -0.610. The first kappa shape index (κ1) is 13.8. The van der Waals surface area contributed by atoms with Crippen LogP contribution in [0.2, 0.25) is 0 Å². The maximum atomic E-state index is 12.7. The van der Waals surface area contributed by atoms with Crippen molar-refractivity contribution in [1.82, 2.24) is 0 Å². The Balaban J connectivity index is 2.75. The van der Waals surface area contributed by atoms with E-state index in [1.807, 2.05) is 13.8 Å². The van der Waals surface area contributed by atoms with E-state index in [-0.39, 0.29) is 18.8 Å². The quantitative estimate of drug-likeness (QED) is 0.792. The van der Waals surface area contributed by atoms with Gasteiger partial charge in [-0.05, 0) is 25.2 Å². The predicted molar refractivity (Wildman–Crippen MR) is 59.0 cm³/mol. The molecule has 0 radical (unpaired) electrons. The van der Waals surface area contributed by atoms with Crippen LogP contribution in [-0.2, 0) is 0 Å². The van der Waals surface area contributed by atoms with Crippen molar-refractivity contribution < 1.29 is 13.2 Å². The molecule has 0 spiro atoms. The van der Waals surface area contributed by atoms with Gasteiger partial charge in [0, 0.05) is 5.54 Å². The van der Waals surface area contributed by atoms with E-state index in [1.54, 1.807) is 0 Å². The molecule has 0 aromatic rings. The summed E-state index contributed by atoms with van der Waals surface area (Å²) in [4.78, 5) is 0. The van der Waals surface area contributed by atoms with Crippen LogP contribution < -0.4 is 5.73 Å². The Kier molecular flexibility index (Phi) is 4.27. The molecule has 1 fully saturated rings. The van der Waals surface area contributed by atoms with Crippen molar-refractivity contribution in [3.05, 3.63) is 0 Å². The summed E-state index contributed by atoms with van der Waals surface area (Å²) in [5.41, 5.74) is 5.62. The van der Waals surface area contributed by atoms with Gasteiger partial charge < -0.3 is 5.73 Å². The zero-order valence-electron chi connectivity index (χ0n) is 10.1. The normalized spacial score (nSPS) is 32.1. The summed E-state index contributed by atoms with van der Waals surface area (Å²) in [6, 6.07) is 0. The van der Waals surface area contributed by atoms with Gasteiger partial charge in [-0.2, -0.15) is 13.2 Å². The highest BCUT2D eigenvalue weighted by molar-refractivity contribution is 4.96. The molecule has 2 N–H and O–H groups in total. The lowest BCUT2D eigenvalue weighted by Gasteiger charge is -2.43. The second kappa shape index (κ2) is 4.94. The van der Waals surface area contributed by atoms with Crippen LogP contribution in [-0.4, -0.2) is 11.7 Å². The molecule has 0 saturated heterocycles. The molecular weight excluding hydrogens is 215 g/mol. The molecular formula is C12H22F3N. The molecule has 4 heteroatoms. The van der Waals surface area contributed by atoms with Gasteiger partial charge in [0.1, 0.15) is 0 Å². The second-order valence-electron chi connectivity index (χ2n) is 5.08. The molecule has 0 heterocycles. The van der Waals surface area contributed by atoms with E-state index in [4.69, 9.17) is 5.73 Å². The van der Waals surface area contributed by atoms with Crippen LogP contribution in [0.25, 0.3) is 0 Å². The Morgan fingerprint density at radius 2 is 1.88 bits per heavy atom.